The summed E-state index contributed by atoms with van der Waals surface area (Å²) in [6.07, 6.45) is -1.35. The highest BCUT2D eigenvalue weighted by Crippen LogP contribution is 2.35. The number of ether oxygens (including phenoxy) is 3. The van der Waals surface area contributed by atoms with Gasteiger partial charge in [-0.25, -0.2) is 31.9 Å². The molecule has 2 atom stereocenters. The summed E-state index contributed by atoms with van der Waals surface area (Å²) in [6, 6.07) is 21.8. The van der Waals surface area contributed by atoms with Crippen molar-refractivity contribution in [2.75, 3.05) is 34.5 Å². The highest BCUT2D eigenvalue weighted by Gasteiger charge is 2.42. The smallest absolute Gasteiger partial charge is 0.407 e. The molecule has 0 spiro atoms. The summed E-state index contributed by atoms with van der Waals surface area (Å²) < 4.78 is 80.2. The van der Waals surface area contributed by atoms with Gasteiger partial charge in [-0.3, -0.25) is 5.01 Å². The van der Waals surface area contributed by atoms with Crippen molar-refractivity contribution in [2.24, 2.45) is 5.10 Å². The monoisotopic (exact) mass is 935 g/mol. The van der Waals surface area contributed by atoms with Crippen LogP contribution < -0.4 is 30.0 Å². The lowest BCUT2D eigenvalue weighted by atomic mass is 10.1. The molecule has 4 aromatic carbocycles. The lowest BCUT2D eigenvalue weighted by Gasteiger charge is -2.28. The van der Waals surface area contributed by atoms with E-state index < -0.39 is 54.6 Å². The number of carboxylic acid groups (broad SMARTS) is 1. The topological polar surface area (TPSA) is 212 Å². The van der Waals surface area contributed by atoms with Gasteiger partial charge in [0, 0.05) is 29.2 Å². The summed E-state index contributed by atoms with van der Waals surface area (Å²) in [5.74, 6) is 1.87. The van der Waals surface area contributed by atoms with Gasteiger partial charge < -0.3 is 29.3 Å². The Hall–Kier alpha value is -4.71. The van der Waals surface area contributed by atoms with Gasteiger partial charge >= 0.3 is 6.09 Å². The average molecular weight is 936 g/mol. The zero-order valence-corrected chi connectivity index (χ0v) is 34.9. The second-order valence-electron chi connectivity index (χ2n) is 13.1. The number of hydrazine groups is 2. The minimum Gasteiger partial charge on any atom is -0.497 e. The number of nitrogens with zero attached hydrogens (tertiary/aromatic N) is 4. The van der Waals surface area contributed by atoms with Crippen molar-refractivity contribution in [3.05, 3.63) is 111 Å². The summed E-state index contributed by atoms with van der Waals surface area (Å²) in [4.78, 5) is 11.8. The lowest BCUT2D eigenvalue weighted by Crippen LogP contribution is -2.42. The Morgan fingerprint density at radius 2 is 1.39 bits per heavy atom. The normalized spacial score (nSPS) is 17.1. The number of rotatable bonds is 16. The number of methoxy groups -OCH3 is 3. The van der Waals surface area contributed by atoms with Crippen molar-refractivity contribution in [1.29, 1.82) is 0 Å². The number of hydrazone groups is 1. The molecule has 2 aliphatic rings. The zero-order valence-electron chi connectivity index (χ0n) is 31.1. The van der Waals surface area contributed by atoms with Gasteiger partial charge in [0.25, 0.3) is 0 Å². The van der Waals surface area contributed by atoms with E-state index in [0.29, 0.717) is 31.9 Å². The van der Waals surface area contributed by atoms with Crippen molar-refractivity contribution in [2.45, 2.75) is 47.9 Å². The van der Waals surface area contributed by atoms with Gasteiger partial charge in [-0.1, -0.05) is 36.4 Å². The van der Waals surface area contributed by atoms with Crippen LogP contribution >= 0.6 is 22.6 Å². The Morgan fingerprint density at radius 1 is 0.860 bits per heavy atom. The van der Waals surface area contributed by atoms with Crippen LogP contribution in [0.2, 0.25) is 0 Å². The molecule has 0 unspecified atom stereocenters. The van der Waals surface area contributed by atoms with Gasteiger partial charge in [-0.05, 0) is 94.2 Å². The van der Waals surface area contributed by atoms with E-state index >= 15 is 8.42 Å². The van der Waals surface area contributed by atoms with E-state index in [9.17, 15) is 23.4 Å². The summed E-state index contributed by atoms with van der Waals surface area (Å²) in [6.45, 7) is -0.923. The number of halogens is 1. The fraction of sp³-hybridized carbons (Fsp3) is 0.297. The van der Waals surface area contributed by atoms with Crippen LogP contribution in [0, 0.1) is 3.57 Å². The molecule has 1 fully saturated rings. The number of sulfonamides is 2. The molecule has 0 bridgehead atoms. The molecular weight excluding hydrogens is 893 g/mol. The first-order valence-corrected chi connectivity index (χ1v) is 21.5. The van der Waals surface area contributed by atoms with Crippen molar-refractivity contribution >= 4 is 54.6 Å². The maximum absolute atomic E-state index is 15.5. The Kier molecular flexibility index (Phi) is 13.1. The fourth-order valence-corrected chi connectivity index (χ4v) is 11.1. The minimum atomic E-state index is -4.79. The van der Waals surface area contributed by atoms with Crippen molar-refractivity contribution in [3.8, 4) is 17.2 Å². The predicted octanol–water partition coefficient (Wildman–Crippen LogP) is 3.29. The number of likely N-dealkylation sites (tertiary alicyclic amines) is 1. The van der Waals surface area contributed by atoms with Crippen LogP contribution in [0.3, 0.4) is 0 Å². The highest BCUT2D eigenvalue weighted by molar-refractivity contribution is 14.1. The van der Waals surface area contributed by atoms with Gasteiger partial charge in [0.1, 0.15) is 27.0 Å². The van der Waals surface area contributed by atoms with E-state index in [-0.39, 0.29) is 44.0 Å². The largest absolute Gasteiger partial charge is 0.497 e. The Morgan fingerprint density at radius 3 is 1.86 bits per heavy atom. The lowest BCUT2D eigenvalue weighted by molar-refractivity contribution is 0.118. The second kappa shape index (κ2) is 17.8. The van der Waals surface area contributed by atoms with Crippen molar-refractivity contribution in [3.63, 3.8) is 0 Å². The zero-order chi connectivity index (χ0) is 40.9. The molecule has 0 radical (unpaired) electrons. The summed E-state index contributed by atoms with van der Waals surface area (Å²) >= 11 is 1.96. The Balaban J connectivity index is 1.50. The molecule has 0 aromatic heterocycles. The minimum absolute atomic E-state index is 0.00534. The number of amides is 1. The standard InChI is InChI=1S/C37H42IN7O10S2/c1-53-29-10-4-24(5-11-29)19-43(20-25-6-12-30(54-2)13-7-25)57(51,52)35-33(56(49,50)40-27-18-28(23-46)44(22-27)37(47)48)17-16-32(38)34(35)36-39-41-42-45(36)21-26-8-14-31(55-3)15-9-26/h4-17,27-28,40-42,46H,18-23H2,1-3H3,(H,47,48)/t27-,28+/m1/s1. The third kappa shape index (κ3) is 9.37. The van der Waals surface area contributed by atoms with Crippen LogP contribution in [-0.2, 0) is 39.7 Å². The number of aliphatic hydroxyl groups excluding tert-OH is 1. The highest BCUT2D eigenvalue weighted by atomic mass is 127. The summed E-state index contributed by atoms with van der Waals surface area (Å²) in [5.41, 5.74) is 7.62. The first-order chi connectivity index (χ1) is 27.3. The van der Waals surface area contributed by atoms with Gasteiger partial charge in [0.2, 0.25) is 20.0 Å². The van der Waals surface area contributed by atoms with Crippen molar-refractivity contribution in [1.82, 2.24) is 30.0 Å². The first kappa shape index (κ1) is 41.9. The number of carbonyl (C=O) groups is 1. The number of hydrogen-bond acceptors (Lipinski definition) is 13. The van der Waals surface area contributed by atoms with Crippen LogP contribution in [0.15, 0.2) is 99.8 Å². The number of hydrogen-bond donors (Lipinski definition) is 5. The summed E-state index contributed by atoms with van der Waals surface area (Å²) in [7, 11) is -4.91. The molecule has 0 saturated carbocycles. The van der Waals surface area contributed by atoms with Gasteiger partial charge in [0.05, 0.1) is 46.1 Å². The van der Waals surface area contributed by atoms with Crippen LogP contribution in [0.1, 0.15) is 28.7 Å². The first-order valence-electron chi connectivity index (χ1n) is 17.5. The number of aliphatic hydroxyl groups is 1. The Bertz CT molecular complexity index is 2270. The third-order valence-corrected chi connectivity index (χ3v) is 14.0. The predicted molar refractivity (Wildman–Crippen MR) is 217 cm³/mol. The molecule has 2 aliphatic heterocycles. The molecule has 17 nitrogen and oxygen atoms in total. The molecule has 6 rings (SSSR count). The molecular formula is C37H42IN7O10S2. The van der Waals surface area contributed by atoms with Crippen LogP contribution in [0.4, 0.5) is 4.79 Å². The fourth-order valence-electron chi connectivity index (χ4n) is 6.60. The maximum Gasteiger partial charge on any atom is 0.407 e. The van der Waals surface area contributed by atoms with E-state index in [4.69, 9.17) is 14.2 Å². The molecule has 304 valence electrons. The van der Waals surface area contributed by atoms with Gasteiger partial charge in [0.15, 0.2) is 5.84 Å². The molecule has 1 saturated heterocycles. The van der Waals surface area contributed by atoms with Crippen LogP contribution in [0.25, 0.3) is 0 Å². The number of amidine groups is 1. The van der Waals surface area contributed by atoms with E-state index in [0.717, 1.165) is 10.5 Å². The van der Waals surface area contributed by atoms with E-state index in [1.165, 1.54) is 30.7 Å². The average Bonchev–Trinajstić information content (AvgIpc) is 3.84. The second-order valence-corrected chi connectivity index (χ2v) is 17.9. The molecule has 1 amide bonds. The number of benzene rings is 4. The molecule has 57 heavy (non-hydrogen) atoms. The summed E-state index contributed by atoms with van der Waals surface area (Å²) in [5, 5.41) is 25.5. The Labute approximate surface area is 344 Å². The third-order valence-electron chi connectivity index (χ3n) is 9.51. The van der Waals surface area contributed by atoms with E-state index in [1.54, 1.807) is 72.8 Å². The quantitative estimate of drug-likeness (QED) is 0.102. The van der Waals surface area contributed by atoms with Gasteiger partial charge in [-0.2, -0.15) is 4.31 Å². The molecule has 2 heterocycles. The molecule has 5 N–H and O–H groups in total. The van der Waals surface area contributed by atoms with E-state index in [1.807, 2.05) is 34.7 Å². The number of nitrogens with one attached hydrogen (secondary N) is 3. The molecule has 0 aliphatic carbocycles. The van der Waals surface area contributed by atoms with Crippen LogP contribution in [-0.4, -0.2) is 99.8 Å². The molecule has 4 aromatic rings. The maximum atomic E-state index is 15.5. The molecule has 20 heteroatoms. The van der Waals surface area contributed by atoms with Gasteiger partial charge in [-0.15, -0.1) is 10.6 Å². The van der Waals surface area contributed by atoms with Crippen LogP contribution in [0.5, 0.6) is 17.2 Å². The van der Waals surface area contributed by atoms with E-state index in [2.05, 4.69) is 20.9 Å². The SMILES string of the molecule is COc1ccc(CN2NNN=C2c2c(I)ccc(S(=O)(=O)N[C@@H]3C[C@@H](CO)N(C(=O)O)C3)c2S(=O)(=O)N(Cc2ccc(OC)cc2)Cc2ccc(OC)cc2)cc1. The van der Waals surface area contributed by atoms with Crippen molar-refractivity contribution < 1.29 is 46.1 Å².